The van der Waals surface area contributed by atoms with Crippen molar-refractivity contribution in [2.75, 3.05) is 0 Å². The highest BCUT2D eigenvalue weighted by Crippen LogP contribution is 2.28. The molecule has 0 amide bonds. The molecule has 2 aromatic rings. The zero-order valence-corrected chi connectivity index (χ0v) is 9.97. The van der Waals surface area contributed by atoms with Gasteiger partial charge in [-0.3, -0.25) is 4.79 Å². The standard InChI is InChI=1S/C12H8Cl2O2/c1-7-2-3-8(13)6-9(7)10-4-5-11(16-10)12(14)15/h2-6H,1H3. The van der Waals surface area contributed by atoms with Crippen LogP contribution in [0.4, 0.5) is 0 Å². The highest BCUT2D eigenvalue weighted by atomic mass is 35.5. The van der Waals surface area contributed by atoms with Gasteiger partial charge in [0.05, 0.1) is 0 Å². The number of halogens is 2. The van der Waals surface area contributed by atoms with Gasteiger partial charge in [-0.15, -0.1) is 0 Å². The monoisotopic (exact) mass is 254 g/mol. The minimum Gasteiger partial charge on any atom is -0.452 e. The van der Waals surface area contributed by atoms with E-state index in [2.05, 4.69) is 0 Å². The van der Waals surface area contributed by atoms with Gasteiger partial charge in [-0.1, -0.05) is 17.7 Å². The van der Waals surface area contributed by atoms with Gasteiger partial charge in [0.2, 0.25) is 0 Å². The Morgan fingerprint density at radius 2 is 2.00 bits per heavy atom. The number of rotatable bonds is 2. The molecule has 0 aliphatic rings. The zero-order chi connectivity index (χ0) is 11.7. The summed E-state index contributed by atoms with van der Waals surface area (Å²) in [5.41, 5.74) is 1.88. The average Bonchev–Trinajstić information content (AvgIpc) is 2.70. The Labute approximate surface area is 103 Å². The molecule has 0 saturated heterocycles. The van der Waals surface area contributed by atoms with Crippen LogP contribution in [-0.2, 0) is 0 Å². The highest BCUT2D eigenvalue weighted by Gasteiger charge is 2.11. The maximum Gasteiger partial charge on any atom is 0.287 e. The van der Waals surface area contributed by atoms with Crippen LogP contribution in [0.1, 0.15) is 16.1 Å². The van der Waals surface area contributed by atoms with Crippen LogP contribution < -0.4 is 0 Å². The van der Waals surface area contributed by atoms with Crippen LogP contribution in [0.15, 0.2) is 34.7 Å². The largest absolute Gasteiger partial charge is 0.452 e. The van der Waals surface area contributed by atoms with Gasteiger partial charge >= 0.3 is 0 Å². The highest BCUT2D eigenvalue weighted by molar-refractivity contribution is 6.67. The molecule has 4 heteroatoms. The fourth-order valence-corrected chi connectivity index (χ4v) is 1.72. The summed E-state index contributed by atoms with van der Waals surface area (Å²) in [6, 6.07) is 8.73. The first-order chi connectivity index (χ1) is 7.58. The molecule has 0 fully saturated rings. The molecule has 0 aliphatic carbocycles. The second-order valence-corrected chi connectivity index (χ2v) is 4.18. The van der Waals surface area contributed by atoms with Gasteiger partial charge in [0, 0.05) is 10.6 Å². The number of hydrogen-bond donors (Lipinski definition) is 0. The second-order valence-electron chi connectivity index (χ2n) is 3.40. The van der Waals surface area contributed by atoms with E-state index in [-0.39, 0.29) is 5.76 Å². The first-order valence-corrected chi connectivity index (χ1v) is 5.39. The molecule has 0 saturated carbocycles. The van der Waals surface area contributed by atoms with Gasteiger partial charge in [0.1, 0.15) is 5.76 Å². The molecule has 0 atom stereocenters. The molecule has 2 rings (SSSR count). The molecule has 0 radical (unpaired) electrons. The number of aryl methyl sites for hydroxylation is 1. The topological polar surface area (TPSA) is 30.2 Å². The van der Waals surface area contributed by atoms with Gasteiger partial charge in [-0.05, 0) is 48.4 Å². The van der Waals surface area contributed by atoms with Gasteiger partial charge in [-0.25, -0.2) is 0 Å². The first kappa shape index (κ1) is 11.2. The van der Waals surface area contributed by atoms with Crippen molar-refractivity contribution < 1.29 is 9.21 Å². The second kappa shape index (κ2) is 4.32. The molecule has 0 N–H and O–H groups in total. The average molecular weight is 255 g/mol. The molecule has 0 aliphatic heterocycles. The van der Waals surface area contributed by atoms with Crippen LogP contribution >= 0.6 is 23.2 Å². The molecule has 1 heterocycles. The third-order valence-electron chi connectivity index (χ3n) is 2.26. The fourth-order valence-electron chi connectivity index (χ4n) is 1.45. The Hall–Kier alpha value is -1.25. The van der Waals surface area contributed by atoms with Crippen molar-refractivity contribution in [2.45, 2.75) is 6.92 Å². The zero-order valence-electron chi connectivity index (χ0n) is 8.46. The summed E-state index contributed by atoms with van der Waals surface area (Å²) in [4.78, 5) is 10.9. The molecule has 0 spiro atoms. The molecule has 2 nitrogen and oxygen atoms in total. The Morgan fingerprint density at radius 1 is 1.25 bits per heavy atom. The smallest absolute Gasteiger partial charge is 0.287 e. The van der Waals surface area contributed by atoms with Crippen molar-refractivity contribution in [1.29, 1.82) is 0 Å². The van der Waals surface area contributed by atoms with Crippen LogP contribution in [0, 0.1) is 6.92 Å². The van der Waals surface area contributed by atoms with Crippen molar-refractivity contribution in [1.82, 2.24) is 0 Å². The van der Waals surface area contributed by atoms with E-state index in [1.165, 1.54) is 0 Å². The van der Waals surface area contributed by atoms with Crippen molar-refractivity contribution in [2.24, 2.45) is 0 Å². The number of furan rings is 1. The van der Waals surface area contributed by atoms with Crippen molar-refractivity contribution in [3.8, 4) is 11.3 Å². The Balaban J connectivity index is 2.50. The van der Waals surface area contributed by atoms with E-state index in [4.69, 9.17) is 27.6 Å². The number of carbonyl (C=O) groups is 1. The Morgan fingerprint density at radius 3 is 2.62 bits per heavy atom. The third-order valence-corrected chi connectivity index (χ3v) is 2.69. The predicted octanol–water partition coefficient (Wildman–Crippen LogP) is 4.29. The van der Waals surface area contributed by atoms with E-state index < -0.39 is 5.24 Å². The number of benzene rings is 1. The number of hydrogen-bond acceptors (Lipinski definition) is 2. The summed E-state index contributed by atoms with van der Waals surface area (Å²) in [6.07, 6.45) is 0. The maximum absolute atomic E-state index is 10.9. The first-order valence-electron chi connectivity index (χ1n) is 4.64. The SMILES string of the molecule is Cc1ccc(Cl)cc1-c1ccc(C(=O)Cl)o1. The van der Waals surface area contributed by atoms with Gasteiger partial charge in [0.25, 0.3) is 5.24 Å². The van der Waals surface area contributed by atoms with Crippen LogP contribution in [0.2, 0.25) is 5.02 Å². The summed E-state index contributed by atoms with van der Waals surface area (Å²) >= 11 is 11.2. The molecular formula is C12H8Cl2O2. The maximum atomic E-state index is 10.9. The summed E-state index contributed by atoms with van der Waals surface area (Å²) < 4.78 is 5.33. The summed E-state index contributed by atoms with van der Waals surface area (Å²) in [7, 11) is 0. The van der Waals surface area contributed by atoms with Crippen LogP contribution in [0.5, 0.6) is 0 Å². The summed E-state index contributed by atoms with van der Waals surface area (Å²) in [6.45, 7) is 1.94. The van der Waals surface area contributed by atoms with E-state index in [0.29, 0.717) is 10.8 Å². The number of carbonyl (C=O) groups excluding carboxylic acids is 1. The van der Waals surface area contributed by atoms with Gasteiger partial charge in [-0.2, -0.15) is 0 Å². The van der Waals surface area contributed by atoms with Crippen LogP contribution in [-0.4, -0.2) is 5.24 Å². The van der Waals surface area contributed by atoms with E-state index in [0.717, 1.165) is 11.1 Å². The van der Waals surface area contributed by atoms with E-state index in [1.54, 1.807) is 24.3 Å². The summed E-state index contributed by atoms with van der Waals surface area (Å²) in [5.74, 6) is 0.722. The van der Waals surface area contributed by atoms with E-state index in [1.807, 2.05) is 13.0 Å². The minimum absolute atomic E-state index is 0.135. The lowest BCUT2D eigenvalue weighted by Gasteiger charge is -2.02. The Kier molecular flexibility index (Phi) is 3.03. The molecule has 1 aromatic heterocycles. The molecule has 0 unspecified atom stereocenters. The van der Waals surface area contributed by atoms with Crippen molar-refractivity contribution in [3.63, 3.8) is 0 Å². The lowest BCUT2D eigenvalue weighted by molar-refractivity contribution is 0.105. The molecule has 0 bridgehead atoms. The summed E-state index contributed by atoms with van der Waals surface area (Å²) in [5, 5.41) is 0.0154. The predicted molar refractivity (Wildman–Crippen MR) is 64.1 cm³/mol. The van der Waals surface area contributed by atoms with Crippen LogP contribution in [0.25, 0.3) is 11.3 Å². The minimum atomic E-state index is -0.606. The van der Waals surface area contributed by atoms with E-state index >= 15 is 0 Å². The Bertz CT molecular complexity index is 544. The fraction of sp³-hybridized carbons (Fsp3) is 0.0833. The third kappa shape index (κ3) is 2.13. The quantitative estimate of drug-likeness (QED) is 0.749. The molecule has 16 heavy (non-hydrogen) atoms. The molecular weight excluding hydrogens is 247 g/mol. The molecule has 1 aromatic carbocycles. The van der Waals surface area contributed by atoms with Gasteiger partial charge < -0.3 is 4.42 Å². The normalized spacial score (nSPS) is 10.4. The van der Waals surface area contributed by atoms with Crippen molar-refractivity contribution >= 4 is 28.4 Å². The van der Waals surface area contributed by atoms with Gasteiger partial charge in [0.15, 0.2) is 5.76 Å². The van der Waals surface area contributed by atoms with Crippen LogP contribution in [0.3, 0.4) is 0 Å². The van der Waals surface area contributed by atoms with E-state index in [9.17, 15) is 4.79 Å². The van der Waals surface area contributed by atoms with Crippen molar-refractivity contribution in [3.05, 3.63) is 46.7 Å². The lowest BCUT2D eigenvalue weighted by Crippen LogP contribution is -1.83. The molecule has 82 valence electrons. The lowest BCUT2D eigenvalue weighted by atomic mass is 10.1.